The molecule has 2 aromatic carbocycles. The molecule has 0 atom stereocenters. The van der Waals surface area contributed by atoms with Crippen LogP contribution in [0.5, 0.6) is 0 Å². The van der Waals surface area contributed by atoms with E-state index in [1.165, 1.54) is 12.8 Å². The number of allylic oxidation sites excluding steroid dienone is 8. The van der Waals surface area contributed by atoms with Crippen molar-refractivity contribution < 1.29 is 45.7 Å². The van der Waals surface area contributed by atoms with Crippen molar-refractivity contribution in [3.8, 4) is 0 Å². The number of hydrogen-bond acceptors (Lipinski definition) is 0. The molecule has 2 aliphatic carbocycles. The maximum Gasteiger partial charge on any atom is -1.00 e. The zero-order valence-corrected chi connectivity index (χ0v) is 20.5. The predicted octanol–water partition coefficient (Wildman–Crippen LogP) is -1.77. The van der Waals surface area contributed by atoms with Gasteiger partial charge < -0.3 is 24.8 Å². The van der Waals surface area contributed by atoms with Crippen LogP contribution in [-0.2, 0) is 20.9 Å². The zero-order chi connectivity index (χ0) is 17.1. The first-order chi connectivity index (χ1) is 12.3. The molecule has 0 aromatic heterocycles. The summed E-state index contributed by atoms with van der Waals surface area (Å²) in [7, 11) is 0. The van der Waals surface area contributed by atoms with E-state index in [0.29, 0.717) is 0 Å². The second-order valence-electron chi connectivity index (χ2n) is 6.76. The van der Waals surface area contributed by atoms with Crippen LogP contribution in [0.4, 0.5) is 0 Å². The van der Waals surface area contributed by atoms with E-state index in [4.69, 9.17) is 0 Å². The Labute approximate surface area is 183 Å². The second-order valence-corrected chi connectivity index (χ2v) is 21.7. The molecule has 0 saturated carbocycles. The molecule has 0 amide bonds. The maximum atomic E-state index is 2.46. The molecule has 27 heavy (non-hydrogen) atoms. The third-order valence-corrected chi connectivity index (χ3v) is 27.0. The Bertz CT molecular complexity index is 830. The van der Waals surface area contributed by atoms with Gasteiger partial charge in [-0.25, -0.2) is 0 Å². The molecule has 2 aliphatic rings. The normalized spacial score (nSPS) is 14.8. The summed E-state index contributed by atoms with van der Waals surface area (Å²) in [5.74, 6) is -1.22. The molecule has 4 rings (SSSR count). The summed E-state index contributed by atoms with van der Waals surface area (Å²) in [5.41, 5.74) is 1.56. The molecule has 4 heteroatoms. The van der Waals surface area contributed by atoms with E-state index in [0.717, 1.165) is 0 Å². The van der Waals surface area contributed by atoms with Gasteiger partial charge in [-0.3, -0.25) is 0 Å². The molecule has 0 bridgehead atoms. The first-order valence-electron chi connectivity index (χ1n) is 9.04. The van der Waals surface area contributed by atoms with Crippen molar-refractivity contribution >= 4 is 16.3 Å². The van der Waals surface area contributed by atoms with E-state index in [1.54, 1.807) is 19.2 Å². The molecule has 0 nitrogen and oxygen atoms in total. The molecule has 137 valence electrons. The zero-order valence-electron chi connectivity index (χ0n) is 15.4. The van der Waals surface area contributed by atoms with Crippen molar-refractivity contribution in [1.82, 2.24) is 0 Å². The number of rotatable bonds is 5. The van der Waals surface area contributed by atoms with Crippen LogP contribution in [0.3, 0.4) is 0 Å². The van der Waals surface area contributed by atoms with Crippen LogP contribution in [0.25, 0.3) is 0 Å². The van der Waals surface area contributed by atoms with Gasteiger partial charge in [0.05, 0.1) is 0 Å². The summed E-state index contributed by atoms with van der Waals surface area (Å²) >= 11 is -1.95. The van der Waals surface area contributed by atoms with Gasteiger partial charge in [-0.05, 0) is 0 Å². The minimum Gasteiger partial charge on any atom is -1.00 e. The smallest absolute Gasteiger partial charge is 1.00 e. The van der Waals surface area contributed by atoms with Crippen molar-refractivity contribution in [2.45, 2.75) is 19.8 Å². The van der Waals surface area contributed by atoms with Gasteiger partial charge in [-0.1, -0.05) is 0 Å². The first-order valence-corrected chi connectivity index (χ1v) is 17.5. The van der Waals surface area contributed by atoms with Gasteiger partial charge in [0.1, 0.15) is 0 Å². The van der Waals surface area contributed by atoms with Crippen LogP contribution < -0.4 is 35.2 Å². The van der Waals surface area contributed by atoms with Gasteiger partial charge in [0.25, 0.3) is 0 Å². The van der Waals surface area contributed by atoms with Crippen molar-refractivity contribution in [2.24, 2.45) is 0 Å². The molecule has 0 fully saturated rings. The standard InChI is InChI=1S/C12H11Si.C6H7.C5H5.2ClH.Zr/c1-3-7-11(8-4-1)13-12-9-5-2-6-10-12;1-6-4-2-3-5-6;1-2-4-5-3-1;;;/h1-10,13H;2,4H,3H2,1H3;1-3H,4H2;2*1H;/q;;;;;+2/p-2. The van der Waals surface area contributed by atoms with Gasteiger partial charge in [0.2, 0.25) is 0 Å². The van der Waals surface area contributed by atoms with Crippen LogP contribution in [-0.4, -0.2) is 5.92 Å². The number of benzene rings is 2. The first kappa shape index (κ1) is 22.4. The average Bonchev–Trinajstić information content (AvgIpc) is 3.33. The van der Waals surface area contributed by atoms with Crippen LogP contribution in [0.1, 0.15) is 19.8 Å². The SMILES string of the molecule is CC1=[C]([Zr+2]([C]2=CC=CC2)[SiH](c2ccccc2)c2ccccc2)CC=C1.[Cl-].[Cl-]. The topological polar surface area (TPSA) is 0 Å². The van der Waals surface area contributed by atoms with Gasteiger partial charge in [-0.15, -0.1) is 0 Å². The summed E-state index contributed by atoms with van der Waals surface area (Å²) in [6, 6.07) is 22.8. The Balaban J connectivity index is 0.00000131. The molecule has 2 aromatic rings. The van der Waals surface area contributed by atoms with Gasteiger partial charge in [0.15, 0.2) is 0 Å². The summed E-state index contributed by atoms with van der Waals surface area (Å²) in [4.78, 5) is 0. The Morgan fingerprint density at radius 2 is 1.37 bits per heavy atom. The van der Waals surface area contributed by atoms with Crippen molar-refractivity contribution in [3.63, 3.8) is 0 Å². The molecule has 0 saturated heterocycles. The van der Waals surface area contributed by atoms with Crippen molar-refractivity contribution in [2.75, 3.05) is 0 Å². The predicted molar refractivity (Wildman–Crippen MR) is 108 cm³/mol. The molecule has 0 N–H and O–H groups in total. The molecule has 0 spiro atoms. The molecule has 0 aliphatic heterocycles. The Morgan fingerprint density at radius 3 is 1.81 bits per heavy atom. The largest absolute Gasteiger partial charge is 1.00 e. The second kappa shape index (κ2) is 10.6. The van der Waals surface area contributed by atoms with Crippen LogP contribution in [0, 0.1) is 0 Å². The van der Waals surface area contributed by atoms with Crippen LogP contribution in [0.2, 0.25) is 0 Å². The Hall–Kier alpha value is -0.920. The van der Waals surface area contributed by atoms with E-state index >= 15 is 0 Å². The van der Waals surface area contributed by atoms with E-state index in [1.807, 2.05) is 3.28 Å². The Morgan fingerprint density at radius 1 is 0.778 bits per heavy atom. The van der Waals surface area contributed by atoms with Gasteiger partial charge in [-0.2, -0.15) is 0 Å². The van der Waals surface area contributed by atoms with Crippen LogP contribution in [0.15, 0.2) is 103 Å². The number of halogens is 2. The molecule has 0 radical (unpaired) electrons. The minimum absolute atomic E-state index is 0. The third kappa shape index (κ3) is 4.93. The average molecular weight is 490 g/mol. The van der Waals surface area contributed by atoms with E-state index < -0.39 is 26.8 Å². The fourth-order valence-corrected chi connectivity index (χ4v) is 27.8. The summed E-state index contributed by atoms with van der Waals surface area (Å²) in [5, 5.41) is 3.26. The summed E-state index contributed by atoms with van der Waals surface area (Å²) < 4.78 is 3.63. The number of hydrogen-bond donors (Lipinski definition) is 0. The molecule has 0 heterocycles. The molecule has 0 unspecified atom stereocenters. The van der Waals surface area contributed by atoms with E-state index in [9.17, 15) is 0 Å². The minimum atomic E-state index is -1.95. The quantitative estimate of drug-likeness (QED) is 0.437. The fourth-order valence-electron chi connectivity index (χ4n) is 3.95. The van der Waals surface area contributed by atoms with Crippen molar-refractivity contribution in [1.29, 1.82) is 0 Å². The summed E-state index contributed by atoms with van der Waals surface area (Å²) in [6.07, 6.45) is 14.2. The monoisotopic (exact) mass is 487 g/mol. The summed E-state index contributed by atoms with van der Waals surface area (Å²) in [6.45, 7) is 2.34. The molecular weight excluding hydrogens is 466 g/mol. The fraction of sp³-hybridized carbons (Fsp3) is 0.130. The Kier molecular flexibility index (Phi) is 8.76. The van der Waals surface area contributed by atoms with Crippen LogP contribution >= 0.6 is 0 Å². The van der Waals surface area contributed by atoms with E-state index in [-0.39, 0.29) is 24.8 Å². The maximum absolute atomic E-state index is 2.46. The van der Waals surface area contributed by atoms with E-state index in [2.05, 4.69) is 98.0 Å². The van der Waals surface area contributed by atoms with Gasteiger partial charge in [0, 0.05) is 0 Å². The van der Waals surface area contributed by atoms with Gasteiger partial charge >= 0.3 is 160 Å². The third-order valence-electron chi connectivity index (χ3n) is 5.16. The molecular formula is C23H23Cl2SiZr. The van der Waals surface area contributed by atoms with Crippen molar-refractivity contribution in [3.05, 3.63) is 103 Å².